The number of benzene rings is 1. The van der Waals surface area contributed by atoms with Gasteiger partial charge < -0.3 is 10.6 Å². The number of nitrogens with two attached hydrogens (primary N) is 1. The van der Waals surface area contributed by atoms with Crippen molar-refractivity contribution in [3.63, 3.8) is 0 Å². The van der Waals surface area contributed by atoms with Crippen LogP contribution in [-0.2, 0) is 13.0 Å². The second kappa shape index (κ2) is 8.34. The van der Waals surface area contributed by atoms with Crippen LogP contribution in [0.3, 0.4) is 0 Å². The van der Waals surface area contributed by atoms with Crippen molar-refractivity contribution < 1.29 is 0 Å². The molecule has 0 aromatic heterocycles. The van der Waals surface area contributed by atoms with Gasteiger partial charge in [0.15, 0.2) is 0 Å². The van der Waals surface area contributed by atoms with Crippen molar-refractivity contribution in [1.82, 2.24) is 4.90 Å². The Bertz CT molecular complexity index is 343. The molecule has 2 N–H and O–H groups in total. The van der Waals surface area contributed by atoms with Gasteiger partial charge in [0, 0.05) is 6.54 Å². The van der Waals surface area contributed by atoms with E-state index in [1.807, 2.05) is 0 Å². The van der Waals surface area contributed by atoms with Gasteiger partial charge >= 0.3 is 0 Å². The zero-order valence-corrected chi connectivity index (χ0v) is 13.0. The summed E-state index contributed by atoms with van der Waals surface area (Å²) in [4.78, 5) is 2.38. The topological polar surface area (TPSA) is 29.3 Å². The third-order valence-electron chi connectivity index (χ3n) is 3.53. The lowest BCUT2D eigenvalue weighted by Gasteiger charge is -2.19. The molecule has 2 heteroatoms. The van der Waals surface area contributed by atoms with Gasteiger partial charge in [-0.15, -0.1) is 0 Å². The summed E-state index contributed by atoms with van der Waals surface area (Å²) in [5.74, 6) is 1.35. The Hall–Kier alpha value is -0.860. The lowest BCUT2D eigenvalue weighted by molar-refractivity contribution is 0.300. The molecule has 0 heterocycles. The fourth-order valence-electron chi connectivity index (χ4n) is 2.20. The highest BCUT2D eigenvalue weighted by molar-refractivity contribution is 5.22. The molecule has 1 rings (SSSR count). The van der Waals surface area contributed by atoms with Gasteiger partial charge in [0.2, 0.25) is 0 Å². The maximum atomic E-state index is 5.65. The summed E-state index contributed by atoms with van der Waals surface area (Å²) in [6.07, 6.45) is 2.35. The molecular weight excluding hydrogens is 232 g/mol. The zero-order chi connectivity index (χ0) is 14.3. The Morgan fingerprint density at radius 1 is 1.05 bits per heavy atom. The molecule has 0 aliphatic rings. The van der Waals surface area contributed by atoms with Crippen LogP contribution in [0.1, 0.15) is 38.3 Å². The van der Waals surface area contributed by atoms with E-state index in [1.165, 1.54) is 24.0 Å². The molecule has 0 saturated carbocycles. The van der Waals surface area contributed by atoms with Crippen LogP contribution < -0.4 is 5.73 Å². The Morgan fingerprint density at radius 2 is 1.63 bits per heavy atom. The van der Waals surface area contributed by atoms with Gasteiger partial charge in [-0.05, 0) is 55.9 Å². The third-order valence-corrected chi connectivity index (χ3v) is 3.53. The molecule has 1 aromatic rings. The fourth-order valence-corrected chi connectivity index (χ4v) is 2.20. The van der Waals surface area contributed by atoms with Crippen molar-refractivity contribution in [2.45, 2.75) is 40.2 Å². The smallest absolute Gasteiger partial charge is 0.0230 e. The van der Waals surface area contributed by atoms with Gasteiger partial charge in [-0.25, -0.2) is 0 Å². The molecule has 1 atom stereocenters. The van der Waals surface area contributed by atoms with Crippen molar-refractivity contribution >= 4 is 0 Å². The van der Waals surface area contributed by atoms with E-state index in [-0.39, 0.29) is 0 Å². The lowest BCUT2D eigenvalue weighted by Crippen LogP contribution is -2.23. The first-order valence-electron chi connectivity index (χ1n) is 7.47. The number of hydrogen-bond donors (Lipinski definition) is 1. The summed E-state index contributed by atoms with van der Waals surface area (Å²) >= 11 is 0. The summed E-state index contributed by atoms with van der Waals surface area (Å²) in [6, 6.07) is 9.07. The Kier molecular flexibility index (Phi) is 7.11. The second-order valence-corrected chi connectivity index (χ2v) is 6.28. The first kappa shape index (κ1) is 16.2. The zero-order valence-electron chi connectivity index (χ0n) is 13.0. The first-order chi connectivity index (χ1) is 9.01. The molecule has 1 unspecified atom stereocenters. The standard InChI is InChI=1S/C17H30N2/c1-14(2)11-16-5-7-17(8-6-16)13-19(4)10-9-15(3)12-18/h5-8,14-15H,9-13,18H2,1-4H3. The van der Waals surface area contributed by atoms with Gasteiger partial charge in [-0.3, -0.25) is 0 Å². The maximum absolute atomic E-state index is 5.65. The molecule has 0 saturated heterocycles. The van der Waals surface area contributed by atoms with Crippen LogP contribution in [0.15, 0.2) is 24.3 Å². The lowest BCUT2D eigenvalue weighted by atomic mass is 10.0. The molecule has 0 radical (unpaired) electrons. The van der Waals surface area contributed by atoms with Crippen molar-refractivity contribution in [2.75, 3.05) is 20.1 Å². The van der Waals surface area contributed by atoms with Crippen LogP contribution in [-0.4, -0.2) is 25.0 Å². The number of rotatable bonds is 8. The molecule has 0 aliphatic carbocycles. The predicted molar refractivity (Wildman–Crippen MR) is 84.2 cm³/mol. The molecule has 108 valence electrons. The quantitative estimate of drug-likeness (QED) is 0.779. The molecule has 0 aliphatic heterocycles. The predicted octanol–water partition coefficient (Wildman–Crippen LogP) is 3.30. The largest absolute Gasteiger partial charge is 0.330 e. The van der Waals surface area contributed by atoms with E-state index in [0.717, 1.165) is 25.6 Å². The SMILES string of the molecule is CC(C)Cc1ccc(CN(C)CCC(C)CN)cc1. The van der Waals surface area contributed by atoms with Crippen LogP contribution in [0, 0.1) is 11.8 Å². The first-order valence-corrected chi connectivity index (χ1v) is 7.47. The summed E-state index contributed by atoms with van der Waals surface area (Å²) in [5.41, 5.74) is 8.49. The Balaban J connectivity index is 2.39. The monoisotopic (exact) mass is 262 g/mol. The summed E-state index contributed by atoms with van der Waals surface area (Å²) < 4.78 is 0. The molecule has 19 heavy (non-hydrogen) atoms. The van der Waals surface area contributed by atoms with Gasteiger partial charge in [-0.1, -0.05) is 45.0 Å². The fraction of sp³-hybridized carbons (Fsp3) is 0.647. The van der Waals surface area contributed by atoms with E-state index < -0.39 is 0 Å². The van der Waals surface area contributed by atoms with Crippen LogP contribution in [0.5, 0.6) is 0 Å². The van der Waals surface area contributed by atoms with E-state index in [1.54, 1.807) is 0 Å². The highest BCUT2D eigenvalue weighted by Crippen LogP contribution is 2.11. The van der Waals surface area contributed by atoms with Gasteiger partial charge in [0.25, 0.3) is 0 Å². The highest BCUT2D eigenvalue weighted by Gasteiger charge is 2.04. The molecule has 0 spiro atoms. The third kappa shape index (κ3) is 6.74. The van der Waals surface area contributed by atoms with Crippen LogP contribution in [0.25, 0.3) is 0 Å². The van der Waals surface area contributed by atoms with Gasteiger partial charge in [0.05, 0.1) is 0 Å². The van der Waals surface area contributed by atoms with Crippen molar-refractivity contribution in [3.8, 4) is 0 Å². The van der Waals surface area contributed by atoms with E-state index >= 15 is 0 Å². The highest BCUT2D eigenvalue weighted by atomic mass is 15.1. The van der Waals surface area contributed by atoms with E-state index in [9.17, 15) is 0 Å². The van der Waals surface area contributed by atoms with E-state index in [0.29, 0.717) is 5.92 Å². The van der Waals surface area contributed by atoms with Gasteiger partial charge in [-0.2, -0.15) is 0 Å². The molecule has 1 aromatic carbocycles. The minimum atomic E-state index is 0.621. The Labute approximate surface area is 119 Å². The van der Waals surface area contributed by atoms with Crippen molar-refractivity contribution in [3.05, 3.63) is 35.4 Å². The summed E-state index contributed by atoms with van der Waals surface area (Å²) in [6.45, 7) is 9.68. The maximum Gasteiger partial charge on any atom is 0.0230 e. The van der Waals surface area contributed by atoms with E-state index in [2.05, 4.69) is 57.0 Å². The van der Waals surface area contributed by atoms with Crippen molar-refractivity contribution in [1.29, 1.82) is 0 Å². The minimum absolute atomic E-state index is 0.621. The average molecular weight is 262 g/mol. The average Bonchev–Trinajstić information content (AvgIpc) is 2.37. The van der Waals surface area contributed by atoms with Crippen molar-refractivity contribution in [2.24, 2.45) is 17.6 Å². The van der Waals surface area contributed by atoms with Crippen LogP contribution >= 0.6 is 0 Å². The number of hydrogen-bond acceptors (Lipinski definition) is 2. The van der Waals surface area contributed by atoms with Gasteiger partial charge in [0.1, 0.15) is 0 Å². The van der Waals surface area contributed by atoms with Crippen LogP contribution in [0.2, 0.25) is 0 Å². The summed E-state index contributed by atoms with van der Waals surface area (Å²) in [5, 5.41) is 0. The molecule has 0 fully saturated rings. The Morgan fingerprint density at radius 3 is 2.16 bits per heavy atom. The molecular formula is C17H30N2. The number of nitrogens with zero attached hydrogens (tertiary/aromatic N) is 1. The van der Waals surface area contributed by atoms with Crippen LogP contribution in [0.4, 0.5) is 0 Å². The summed E-state index contributed by atoms with van der Waals surface area (Å²) in [7, 11) is 2.19. The molecule has 0 bridgehead atoms. The second-order valence-electron chi connectivity index (χ2n) is 6.28. The molecule has 2 nitrogen and oxygen atoms in total. The normalized spacial score (nSPS) is 13.2. The molecule has 0 amide bonds. The van der Waals surface area contributed by atoms with E-state index in [4.69, 9.17) is 5.73 Å². The minimum Gasteiger partial charge on any atom is -0.330 e.